The molecule has 164 valence electrons. The molecule has 3 aromatic heterocycles. The lowest BCUT2D eigenvalue weighted by atomic mass is 10.1. The summed E-state index contributed by atoms with van der Waals surface area (Å²) in [5, 5.41) is 7.78. The average molecular weight is 443 g/mol. The van der Waals surface area contributed by atoms with Gasteiger partial charge in [-0.25, -0.2) is 4.98 Å². The third-order valence-corrected chi connectivity index (χ3v) is 5.34. The number of halogens is 3. The van der Waals surface area contributed by atoms with Gasteiger partial charge in [0, 0.05) is 18.3 Å². The van der Waals surface area contributed by atoms with Crippen LogP contribution in [-0.4, -0.2) is 55.1 Å². The fraction of sp³-hybridized carbons (Fsp3) is 0.250. The van der Waals surface area contributed by atoms with Crippen LogP contribution in [0.3, 0.4) is 0 Å². The molecule has 12 heteroatoms. The van der Waals surface area contributed by atoms with Gasteiger partial charge in [0.1, 0.15) is 6.33 Å². The van der Waals surface area contributed by atoms with Crippen molar-refractivity contribution in [2.75, 3.05) is 25.5 Å². The Bertz CT molecular complexity index is 1320. The zero-order valence-electron chi connectivity index (χ0n) is 16.5. The number of morpholine rings is 1. The number of ether oxygens (including phenoxy) is 1. The van der Waals surface area contributed by atoms with Crippen LogP contribution in [0.5, 0.6) is 0 Å². The quantitative estimate of drug-likeness (QED) is 0.507. The van der Waals surface area contributed by atoms with Crippen LogP contribution in [0, 0.1) is 0 Å². The number of carbonyl (C=O) groups is 1. The smallest absolute Gasteiger partial charge is 0.381 e. The first-order valence-electron chi connectivity index (χ1n) is 9.64. The van der Waals surface area contributed by atoms with Crippen LogP contribution in [-0.2, 0) is 10.9 Å². The molecule has 1 aromatic carbocycles. The lowest BCUT2D eigenvalue weighted by Crippen LogP contribution is -2.43. The molecule has 2 N–H and O–H groups in total. The number of aromatic nitrogens is 5. The van der Waals surface area contributed by atoms with Gasteiger partial charge in [-0.3, -0.25) is 14.2 Å². The number of alkyl halides is 3. The molecule has 0 aliphatic carbocycles. The number of nitrogens with zero attached hydrogens (tertiary/aromatic N) is 6. The Morgan fingerprint density at radius 1 is 1.22 bits per heavy atom. The van der Waals surface area contributed by atoms with E-state index in [4.69, 9.17) is 10.5 Å². The van der Waals surface area contributed by atoms with Crippen LogP contribution >= 0.6 is 0 Å². The number of anilines is 1. The number of hydrogen-bond donors (Lipinski definition) is 1. The number of nitrogens with two attached hydrogens (primary N) is 1. The zero-order valence-corrected chi connectivity index (χ0v) is 16.5. The summed E-state index contributed by atoms with van der Waals surface area (Å²) in [6.45, 7) is 0.710. The van der Waals surface area contributed by atoms with Crippen LogP contribution in [0.25, 0.3) is 16.7 Å². The van der Waals surface area contributed by atoms with E-state index in [0.29, 0.717) is 34.5 Å². The van der Waals surface area contributed by atoms with Crippen molar-refractivity contribution >= 4 is 28.4 Å². The maximum absolute atomic E-state index is 13.4. The summed E-state index contributed by atoms with van der Waals surface area (Å²) in [4.78, 5) is 23.2. The van der Waals surface area contributed by atoms with Gasteiger partial charge in [0.15, 0.2) is 5.82 Å². The highest BCUT2D eigenvalue weighted by Gasteiger charge is 2.33. The summed E-state index contributed by atoms with van der Waals surface area (Å²) in [5.41, 5.74) is 7.28. The molecule has 0 radical (unpaired) electrons. The van der Waals surface area contributed by atoms with E-state index in [1.165, 1.54) is 12.4 Å². The van der Waals surface area contributed by atoms with E-state index in [1.807, 2.05) is 0 Å². The second-order valence-electron chi connectivity index (χ2n) is 7.28. The van der Waals surface area contributed by atoms with Crippen molar-refractivity contribution in [1.82, 2.24) is 29.5 Å². The molecule has 1 unspecified atom stereocenters. The van der Waals surface area contributed by atoms with Gasteiger partial charge in [-0.05, 0) is 30.3 Å². The number of carbonyl (C=O) groups excluding carboxylic acids is 1. The highest BCUT2D eigenvalue weighted by Crippen LogP contribution is 2.31. The van der Waals surface area contributed by atoms with Crippen molar-refractivity contribution < 1.29 is 22.7 Å². The van der Waals surface area contributed by atoms with Crippen LogP contribution in [0.4, 0.5) is 19.0 Å². The molecule has 1 fully saturated rings. The van der Waals surface area contributed by atoms with E-state index < -0.39 is 17.8 Å². The molecule has 0 saturated carbocycles. The molecule has 0 bridgehead atoms. The highest BCUT2D eigenvalue weighted by molar-refractivity contribution is 5.98. The van der Waals surface area contributed by atoms with Gasteiger partial charge in [0.2, 0.25) is 5.65 Å². The number of benzene rings is 1. The Labute approximate surface area is 178 Å². The first kappa shape index (κ1) is 20.1. The number of amides is 1. The molecule has 1 saturated heterocycles. The summed E-state index contributed by atoms with van der Waals surface area (Å²) in [6.07, 6.45) is -2.24. The summed E-state index contributed by atoms with van der Waals surface area (Å²) in [5.74, 6) is -0.0874. The Balaban J connectivity index is 1.50. The monoisotopic (exact) mass is 443 g/mol. The van der Waals surface area contributed by atoms with Crippen molar-refractivity contribution in [2.45, 2.75) is 12.2 Å². The summed E-state index contributed by atoms with van der Waals surface area (Å²) >= 11 is 0. The molecular formula is C20H16F3N7O2. The average Bonchev–Trinajstić information content (AvgIpc) is 3.29. The zero-order chi connectivity index (χ0) is 22.5. The molecule has 4 aromatic rings. The first-order chi connectivity index (χ1) is 15.3. The van der Waals surface area contributed by atoms with Crippen molar-refractivity contribution in [3.63, 3.8) is 0 Å². The van der Waals surface area contributed by atoms with Gasteiger partial charge in [0.25, 0.3) is 5.91 Å². The number of rotatable bonds is 2. The van der Waals surface area contributed by atoms with E-state index in [1.54, 1.807) is 27.5 Å². The van der Waals surface area contributed by atoms with Crippen LogP contribution < -0.4 is 5.73 Å². The van der Waals surface area contributed by atoms with E-state index in [0.717, 1.165) is 12.3 Å². The molecule has 1 atom stereocenters. The SMILES string of the molecule is Nc1nc2ccc(C(=O)N3CCOCC3c3ccc(C(F)(F)F)cn3)cc2n2cnnc12. The minimum Gasteiger partial charge on any atom is -0.381 e. The lowest BCUT2D eigenvalue weighted by Gasteiger charge is -2.35. The van der Waals surface area contributed by atoms with Crippen molar-refractivity contribution in [3.8, 4) is 0 Å². The summed E-state index contributed by atoms with van der Waals surface area (Å²) in [7, 11) is 0. The molecule has 5 rings (SSSR count). The van der Waals surface area contributed by atoms with Gasteiger partial charge < -0.3 is 15.4 Å². The van der Waals surface area contributed by atoms with Gasteiger partial charge in [-0.15, -0.1) is 10.2 Å². The van der Waals surface area contributed by atoms with Gasteiger partial charge in [-0.1, -0.05) is 0 Å². The number of nitrogen functional groups attached to an aromatic ring is 1. The number of fused-ring (bicyclic) bond motifs is 3. The summed E-state index contributed by atoms with van der Waals surface area (Å²) in [6, 6.07) is 6.57. The Morgan fingerprint density at radius 3 is 2.81 bits per heavy atom. The fourth-order valence-electron chi connectivity index (χ4n) is 3.74. The van der Waals surface area contributed by atoms with Crippen LogP contribution in [0.15, 0.2) is 42.9 Å². The fourth-order valence-corrected chi connectivity index (χ4v) is 3.74. The molecule has 1 amide bonds. The van der Waals surface area contributed by atoms with Gasteiger partial charge in [-0.2, -0.15) is 13.2 Å². The largest absolute Gasteiger partial charge is 0.417 e. The lowest BCUT2D eigenvalue weighted by molar-refractivity contribution is -0.137. The van der Waals surface area contributed by atoms with Crippen molar-refractivity contribution in [1.29, 1.82) is 0 Å². The molecule has 0 spiro atoms. The number of pyridine rings is 1. The van der Waals surface area contributed by atoms with Gasteiger partial charge >= 0.3 is 6.18 Å². The third kappa shape index (κ3) is 3.38. The molecule has 4 heterocycles. The van der Waals surface area contributed by atoms with Crippen molar-refractivity contribution in [2.24, 2.45) is 0 Å². The van der Waals surface area contributed by atoms with E-state index in [-0.39, 0.29) is 24.9 Å². The standard InChI is InChI=1S/C20H16F3N7O2/c21-20(22,23)12-2-4-13(25-8-12)16-9-32-6-5-29(16)19(31)11-1-3-14-15(7-11)30-10-26-28-18(30)17(24)27-14/h1-4,7-8,10,16H,5-6,9H2,(H2,24,27). The highest BCUT2D eigenvalue weighted by atomic mass is 19.4. The van der Waals surface area contributed by atoms with E-state index in [9.17, 15) is 18.0 Å². The minimum atomic E-state index is -4.49. The summed E-state index contributed by atoms with van der Waals surface area (Å²) < 4.78 is 45.7. The maximum Gasteiger partial charge on any atom is 0.417 e. The van der Waals surface area contributed by atoms with E-state index in [2.05, 4.69) is 20.2 Å². The second kappa shape index (κ2) is 7.41. The molecule has 1 aliphatic heterocycles. The predicted molar refractivity (Wildman–Crippen MR) is 107 cm³/mol. The molecule has 1 aliphatic rings. The number of hydrogen-bond acceptors (Lipinski definition) is 7. The third-order valence-electron chi connectivity index (χ3n) is 5.34. The van der Waals surface area contributed by atoms with Gasteiger partial charge in [0.05, 0.1) is 41.5 Å². The Kier molecular flexibility index (Phi) is 4.66. The van der Waals surface area contributed by atoms with Crippen LogP contribution in [0.2, 0.25) is 0 Å². The topological polar surface area (TPSA) is 112 Å². The molecular weight excluding hydrogens is 427 g/mol. The molecule has 9 nitrogen and oxygen atoms in total. The van der Waals surface area contributed by atoms with Crippen molar-refractivity contribution in [3.05, 3.63) is 59.7 Å². The maximum atomic E-state index is 13.4. The normalized spacial score (nSPS) is 17.2. The van der Waals surface area contributed by atoms with Crippen LogP contribution in [0.1, 0.15) is 27.7 Å². The molecule has 32 heavy (non-hydrogen) atoms. The van der Waals surface area contributed by atoms with E-state index >= 15 is 0 Å². The predicted octanol–water partition coefficient (Wildman–Crippen LogP) is 2.49. The first-order valence-corrected chi connectivity index (χ1v) is 9.64. The Hall–Kier alpha value is -3.80. The second-order valence-corrected chi connectivity index (χ2v) is 7.28. The Morgan fingerprint density at radius 2 is 2.06 bits per heavy atom. The minimum absolute atomic E-state index is 0.130.